The van der Waals surface area contributed by atoms with E-state index in [-0.39, 0.29) is 23.2 Å². The number of allylic oxidation sites excluding steroid dienone is 2. The number of carboxylic acids is 1. The number of ketones is 1. The number of carbonyl (C=O) groups is 3. The molecule has 0 saturated heterocycles. The van der Waals surface area contributed by atoms with Gasteiger partial charge in [0.25, 0.3) is 5.91 Å². The van der Waals surface area contributed by atoms with Gasteiger partial charge in [0.05, 0.1) is 19.5 Å². The molecule has 0 heterocycles. The van der Waals surface area contributed by atoms with E-state index < -0.39 is 24.0 Å². The summed E-state index contributed by atoms with van der Waals surface area (Å²) < 4.78 is 1.19. The first-order chi connectivity index (χ1) is 10.2. The van der Waals surface area contributed by atoms with E-state index in [1.807, 2.05) is 0 Å². The van der Waals surface area contributed by atoms with Gasteiger partial charge >= 0.3 is 0 Å². The molecule has 4 N–H and O–H groups in total. The third-order valence-corrected chi connectivity index (χ3v) is 3.31. The van der Waals surface area contributed by atoms with Crippen LogP contribution in [0.25, 0.3) is 0 Å². The van der Waals surface area contributed by atoms with Crippen molar-refractivity contribution in [3.05, 3.63) is 11.1 Å². The van der Waals surface area contributed by atoms with E-state index in [9.17, 15) is 19.5 Å². The number of halogens is 3. The van der Waals surface area contributed by atoms with Crippen LogP contribution in [0.2, 0.25) is 0 Å². The van der Waals surface area contributed by atoms with Gasteiger partial charge in [-0.25, -0.2) is 0 Å². The van der Waals surface area contributed by atoms with Crippen LogP contribution in [-0.4, -0.2) is 32.2 Å². The average molecular weight is 557 g/mol. The molecule has 3 atom stereocenters. The third-order valence-electron chi connectivity index (χ3n) is 2.98. The number of quaternary nitrogens is 1. The number of carboxylic acid groups (broad SMARTS) is 1. The van der Waals surface area contributed by atoms with Crippen molar-refractivity contribution in [3.63, 3.8) is 0 Å². The molecule has 1 amide bonds. The molecule has 1 aliphatic rings. The minimum atomic E-state index is -1.35. The van der Waals surface area contributed by atoms with Crippen molar-refractivity contribution in [2.45, 2.75) is 38.3 Å². The van der Waals surface area contributed by atoms with Crippen molar-refractivity contribution in [1.82, 2.24) is 5.32 Å². The molecular formula is C13H19ClI2N2O4. The molecule has 0 aliphatic heterocycles. The van der Waals surface area contributed by atoms with Crippen molar-refractivity contribution >= 4 is 74.4 Å². The van der Waals surface area contributed by atoms with Gasteiger partial charge in [0.2, 0.25) is 0 Å². The van der Waals surface area contributed by atoms with Crippen molar-refractivity contribution in [2.24, 2.45) is 5.92 Å². The van der Waals surface area contributed by atoms with Crippen LogP contribution in [0.1, 0.15) is 26.2 Å². The molecule has 6 nitrogen and oxygen atoms in total. The zero-order valence-electron chi connectivity index (χ0n) is 12.1. The summed E-state index contributed by atoms with van der Waals surface area (Å²) in [6, 6.07) is -1.65. The Labute approximate surface area is 161 Å². The number of hydrogen-bond acceptors (Lipinski definition) is 4. The first kappa shape index (κ1) is 22.1. The summed E-state index contributed by atoms with van der Waals surface area (Å²) in [6.07, 6.45) is 2.52. The molecule has 9 heteroatoms. The number of Topliss-reactive ketones (excluding diaryl/α,β-unsaturated/α-hetero) is 1. The molecule has 1 aliphatic carbocycles. The van der Waals surface area contributed by atoms with Gasteiger partial charge in [0.1, 0.15) is 0 Å². The Balaban J connectivity index is 0.00000135. The second-order valence-electron chi connectivity index (χ2n) is 4.85. The Kier molecular flexibility index (Phi) is 11.6. The predicted molar refractivity (Wildman–Crippen MR) is 98.5 cm³/mol. The van der Waals surface area contributed by atoms with Gasteiger partial charge in [-0.15, -0.1) is 0 Å². The van der Waals surface area contributed by atoms with E-state index in [2.05, 4.69) is 56.2 Å². The summed E-state index contributed by atoms with van der Waals surface area (Å²) in [5, 5.41) is 13.5. The Bertz CT molecular complexity index is 444. The monoisotopic (exact) mass is 556 g/mol. The Morgan fingerprint density at radius 1 is 1.55 bits per heavy atom. The fourth-order valence-electron chi connectivity index (χ4n) is 1.84. The second-order valence-corrected chi connectivity index (χ2v) is 9.71. The molecule has 0 spiro atoms. The van der Waals surface area contributed by atoms with Gasteiger partial charge in [-0.2, -0.15) is 0 Å². The predicted octanol–water partition coefficient (Wildman–Crippen LogP) is 0.157. The molecule has 0 radical (unpaired) electrons. The first-order valence-electron chi connectivity index (χ1n) is 6.59. The third kappa shape index (κ3) is 8.63. The lowest BCUT2D eigenvalue weighted by atomic mass is 9.89. The van der Waals surface area contributed by atoms with Crippen LogP contribution in [0, 0.1) is 5.92 Å². The van der Waals surface area contributed by atoms with E-state index in [4.69, 9.17) is 11.6 Å². The summed E-state index contributed by atoms with van der Waals surface area (Å²) in [5.41, 5.74) is 3.52. The fourth-order valence-corrected chi connectivity index (χ4v) is 2.11. The van der Waals surface area contributed by atoms with Crippen LogP contribution in [0.4, 0.5) is 0 Å². The zero-order valence-corrected chi connectivity index (χ0v) is 17.2. The first-order valence-corrected chi connectivity index (χ1v) is 10.0. The lowest BCUT2D eigenvalue weighted by Crippen LogP contribution is -2.67. The highest BCUT2D eigenvalue weighted by Gasteiger charge is 2.25. The highest BCUT2D eigenvalue weighted by Crippen LogP contribution is 2.26. The van der Waals surface area contributed by atoms with E-state index in [0.29, 0.717) is 12.8 Å². The zero-order chi connectivity index (χ0) is 17.3. The van der Waals surface area contributed by atoms with Gasteiger partial charge < -0.3 is 21.0 Å². The van der Waals surface area contributed by atoms with E-state index in [1.54, 1.807) is 13.0 Å². The lowest BCUT2D eigenvalue weighted by molar-refractivity contribution is -0.398. The van der Waals surface area contributed by atoms with Gasteiger partial charge in [-0.05, 0) is 25.7 Å². The number of nitrogens with one attached hydrogen (secondary N) is 1. The van der Waals surface area contributed by atoms with Crippen LogP contribution in [0.3, 0.4) is 0 Å². The van der Waals surface area contributed by atoms with E-state index in [1.165, 1.54) is 2.43 Å². The second kappa shape index (κ2) is 11.6. The van der Waals surface area contributed by atoms with Gasteiger partial charge in [-0.1, -0.05) is 62.9 Å². The van der Waals surface area contributed by atoms with Crippen LogP contribution >= 0.6 is 56.8 Å². The fraction of sp³-hybridized carbons (Fsp3) is 0.615. The molecule has 0 fully saturated rings. The summed E-state index contributed by atoms with van der Waals surface area (Å²) in [7, 11) is 0. The largest absolute Gasteiger partial charge is 0.548 e. The van der Waals surface area contributed by atoms with Crippen molar-refractivity contribution < 1.29 is 25.2 Å². The summed E-state index contributed by atoms with van der Waals surface area (Å²) in [6.45, 7) is 1.57. The van der Waals surface area contributed by atoms with Gasteiger partial charge in [0.15, 0.2) is 11.8 Å². The molecule has 0 aromatic heterocycles. The Morgan fingerprint density at radius 2 is 2.09 bits per heavy atom. The maximum Gasteiger partial charge on any atom is 0.278 e. The summed E-state index contributed by atoms with van der Waals surface area (Å²) in [4.78, 5) is 33.7. The highest BCUT2D eigenvalue weighted by atomic mass is 127. The number of hydrogen-bond donors (Lipinski definition) is 2. The quantitative estimate of drug-likeness (QED) is 0.371. The molecule has 2 unspecified atom stereocenters. The number of rotatable bonds is 5. The van der Waals surface area contributed by atoms with Crippen LogP contribution < -0.4 is 16.2 Å². The van der Waals surface area contributed by atoms with E-state index in [0.717, 1.165) is 0 Å². The molecule has 126 valence electrons. The van der Waals surface area contributed by atoms with Crippen molar-refractivity contribution in [1.29, 1.82) is 0 Å². The minimum absolute atomic E-state index is 0.130. The minimum Gasteiger partial charge on any atom is -0.548 e. The number of amides is 1. The standard InChI is InChI=1S/C12H17ClN2O4.CH2I2/c1-6(14)11(17)15-9(12(18)19)5-7-2-3-10(16)8(13)4-7;2-1-3/h4,6-7,9H,2-3,5,14H2,1H3,(H,15,17)(H,18,19);1H2/t6?,7-,9?;/m0./s1. The molecule has 0 aromatic rings. The average Bonchev–Trinajstić information content (AvgIpc) is 2.42. The normalized spacial score (nSPS) is 20.1. The van der Waals surface area contributed by atoms with Gasteiger partial charge in [0, 0.05) is 6.42 Å². The van der Waals surface area contributed by atoms with Crippen LogP contribution in [-0.2, 0) is 14.4 Å². The molecule has 0 bridgehead atoms. The number of alkyl halides is 2. The molecule has 22 heavy (non-hydrogen) atoms. The number of aliphatic carboxylic acids is 1. The topological polar surface area (TPSA) is 114 Å². The van der Waals surface area contributed by atoms with E-state index >= 15 is 0 Å². The Morgan fingerprint density at radius 3 is 2.50 bits per heavy atom. The van der Waals surface area contributed by atoms with Gasteiger partial charge in [-0.3, -0.25) is 9.59 Å². The van der Waals surface area contributed by atoms with Crippen molar-refractivity contribution in [3.8, 4) is 0 Å². The SMILES string of the molecule is CC([NH3+])C(=O)NC(C[C@@H]1C=C(Cl)C(=O)CC1)C(=O)[O-].ICI. The molecule has 0 aromatic carbocycles. The van der Waals surface area contributed by atoms with Crippen LogP contribution in [0.5, 0.6) is 0 Å². The maximum absolute atomic E-state index is 11.5. The smallest absolute Gasteiger partial charge is 0.278 e. The van der Waals surface area contributed by atoms with Crippen LogP contribution in [0.15, 0.2) is 11.1 Å². The highest BCUT2D eigenvalue weighted by molar-refractivity contribution is 14.2. The molecule has 1 rings (SSSR count). The summed E-state index contributed by atoms with van der Waals surface area (Å²) in [5.74, 6) is -2.10. The maximum atomic E-state index is 11.5. The number of carbonyl (C=O) groups excluding carboxylic acids is 3. The lowest BCUT2D eigenvalue weighted by Gasteiger charge is -2.25. The molecule has 0 saturated carbocycles. The molecular weight excluding hydrogens is 537 g/mol. The summed E-state index contributed by atoms with van der Waals surface area (Å²) >= 11 is 10.3. The van der Waals surface area contributed by atoms with Crippen molar-refractivity contribution in [2.75, 3.05) is 2.43 Å². The Hall–Kier alpha value is 0.0600.